The highest BCUT2D eigenvalue weighted by Crippen LogP contribution is 2.14. The zero-order chi connectivity index (χ0) is 16.7. The van der Waals surface area contributed by atoms with Crippen molar-refractivity contribution < 1.29 is 17.6 Å². The van der Waals surface area contributed by atoms with E-state index in [1.54, 1.807) is 18.2 Å². The monoisotopic (exact) mass is 342 g/mol. The van der Waals surface area contributed by atoms with Gasteiger partial charge in [0.05, 0.1) is 5.75 Å². The number of carbonyl (C=O) groups excluding carboxylic acids is 1. The zero-order valence-electron chi connectivity index (χ0n) is 13.1. The first-order chi connectivity index (χ1) is 11.0. The molecule has 1 N–H and O–H groups in total. The third-order valence-electron chi connectivity index (χ3n) is 3.97. The van der Waals surface area contributed by atoms with E-state index in [1.807, 2.05) is 0 Å². The number of nitrogens with zero attached hydrogens (tertiary/aromatic N) is 1. The van der Waals surface area contributed by atoms with Gasteiger partial charge in [0, 0.05) is 26.1 Å². The summed E-state index contributed by atoms with van der Waals surface area (Å²) in [4.78, 5) is 11.8. The Bertz CT molecular complexity index is 628. The summed E-state index contributed by atoms with van der Waals surface area (Å²) < 4.78 is 39.2. The molecule has 0 unspecified atom stereocenters. The summed E-state index contributed by atoms with van der Waals surface area (Å²) in [5.74, 6) is -0.783. The van der Waals surface area contributed by atoms with Crippen LogP contribution in [0.5, 0.6) is 0 Å². The molecule has 5 nitrogen and oxygen atoms in total. The summed E-state index contributed by atoms with van der Waals surface area (Å²) >= 11 is 0. The first-order valence-corrected chi connectivity index (χ1v) is 9.58. The molecule has 1 aliphatic heterocycles. The fourth-order valence-corrected chi connectivity index (χ4v) is 4.14. The predicted molar refractivity (Wildman–Crippen MR) is 86.9 cm³/mol. The average Bonchev–Trinajstić information content (AvgIpc) is 2.56. The van der Waals surface area contributed by atoms with Gasteiger partial charge in [-0.15, -0.1) is 0 Å². The lowest BCUT2D eigenvalue weighted by atomic mass is 10.1. The summed E-state index contributed by atoms with van der Waals surface area (Å²) in [7, 11) is -3.35. The topological polar surface area (TPSA) is 66.5 Å². The second kappa shape index (κ2) is 8.40. The molecule has 1 fully saturated rings. The molecule has 23 heavy (non-hydrogen) atoms. The lowest BCUT2D eigenvalue weighted by molar-refractivity contribution is -0.120. The van der Waals surface area contributed by atoms with E-state index in [1.165, 1.54) is 10.4 Å². The van der Waals surface area contributed by atoms with Crippen molar-refractivity contribution in [3.8, 4) is 0 Å². The molecule has 1 aliphatic rings. The van der Waals surface area contributed by atoms with Gasteiger partial charge in [0.15, 0.2) is 0 Å². The molecule has 1 amide bonds. The van der Waals surface area contributed by atoms with Crippen LogP contribution in [-0.2, 0) is 21.2 Å². The highest BCUT2D eigenvalue weighted by Gasteiger charge is 2.24. The summed E-state index contributed by atoms with van der Waals surface area (Å²) in [6.07, 6.45) is 3.15. The molecular weight excluding hydrogens is 319 g/mol. The SMILES string of the molecule is O=C(CCS(=O)(=O)N1CCCCC1)NCCc1ccccc1F. The lowest BCUT2D eigenvalue weighted by Crippen LogP contribution is -2.38. The molecule has 0 bridgehead atoms. The van der Waals surface area contributed by atoms with Crippen LogP contribution in [-0.4, -0.2) is 44.0 Å². The van der Waals surface area contributed by atoms with Crippen molar-refractivity contribution in [3.05, 3.63) is 35.6 Å². The molecule has 1 saturated heterocycles. The maximum Gasteiger partial charge on any atom is 0.221 e. The zero-order valence-corrected chi connectivity index (χ0v) is 13.9. The quantitative estimate of drug-likeness (QED) is 0.820. The Balaban J connectivity index is 1.71. The van der Waals surface area contributed by atoms with Gasteiger partial charge in [-0.1, -0.05) is 24.6 Å². The number of hydrogen-bond donors (Lipinski definition) is 1. The van der Waals surface area contributed by atoms with Crippen LogP contribution < -0.4 is 5.32 Å². The van der Waals surface area contributed by atoms with Gasteiger partial charge in [-0.2, -0.15) is 0 Å². The van der Waals surface area contributed by atoms with Crippen LogP contribution in [0.25, 0.3) is 0 Å². The molecule has 0 radical (unpaired) electrons. The smallest absolute Gasteiger partial charge is 0.221 e. The molecule has 2 rings (SSSR count). The Morgan fingerprint density at radius 2 is 1.87 bits per heavy atom. The van der Waals surface area contributed by atoms with Gasteiger partial charge in [0.25, 0.3) is 0 Å². The minimum absolute atomic E-state index is 0.0594. The Morgan fingerprint density at radius 1 is 1.17 bits per heavy atom. The fourth-order valence-electron chi connectivity index (χ4n) is 2.62. The van der Waals surface area contributed by atoms with Gasteiger partial charge in [-0.25, -0.2) is 17.1 Å². The third-order valence-corrected chi connectivity index (χ3v) is 5.84. The van der Waals surface area contributed by atoms with Crippen LogP contribution in [0.4, 0.5) is 4.39 Å². The first-order valence-electron chi connectivity index (χ1n) is 7.97. The van der Waals surface area contributed by atoms with Crippen LogP contribution in [0.15, 0.2) is 24.3 Å². The second-order valence-corrected chi connectivity index (χ2v) is 7.81. The summed E-state index contributed by atoms with van der Waals surface area (Å²) in [5, 5.41) is 2.65. The Kier molecular flexibility index (Phi) is 6.53. The van der Waals surface area contributed by atoms with Crippen molar-refractivity contribution in [2.75, 3.05) is 25.4 Å². The summed E-state index contributed by atoms with van der Waals surface area (Å²) in [6, 6.07) is 6.40. The number of amides is 1. The largest absolute Gasteiger partial charge is 0.356 e. The molecular formula is C16H23FN2O3S. The second-order valence-electron chi connectivity index (χ2n) is 5.72. The van der Waals surface area contributed by atoms with Crippen molar-refractivity contribution in [3.63, 3.8) is 0 Å². The van der Waals surface area contributed by atoms with E-state index in [4.69, 9.17) is 0 Å². The van der Waals surface area contributed by atoms with Gasteiger partial charge < -0.3 is 5.32 Å². The molecule has 128 valence electrons. The van der Waals surface area contributed by atoms with Gasteiger partial charge in [-0.05, 0) is 30.9 Å². The van der Waals surface area contributed by atoms with Crippen molar-refractivity contribution in [2.45, 2.75) is 32.1 Å². The van der Waals surface area contributed by atoms with Crippen LogP contribution in [0.1, 0.15) is 31.2 Å². The number of piperidine rings is 1. The van der Waals surface area contributed by atoms with Crippen molar-refractivity contribution in [1.82, 2.24) is 9.62 Å². The van der Waals surface area contributed by atoms with E-state index in [0.717, 1.165) is 19.3 Å². The van der Waals surface area contributed by atoms with Crippen molar-refractivity contribution in [1.29, 1.82) is 0 Å². The molecule has 0 atom stereocenters. The average molecular weight is 342 g/mol. The Labute approximate surface area is 136 Å². The molecule has 7 heteroatoms. The van der Waals surface area contributed by atoms with E-state index in [0.29, 0.717) is 31.6 Å². The van der Waals surface area contributed by atoms with Gasteiger partial charge in [0.2, 0.25) is 15.9 Å². The van der Waals surface area contributed by atoms with E-state index in [-0.39, 0.29) is 23.9 Å². The molecule has 0 aliphatic carbocycles. The van der Waals surface area contributed by atoms with E-state index >= 15 is 0 Å². The van der Waals surface area contributed by atoms with Crippen molar-refractivity contribution in [2.24, 2.45) is 0 Å². The maximum absolute atomic E-state index is 13.4. The molecule has 1 aromatic rings. The molecule has 1 heterocycles. The van der Waals surface area contributed by atoms with Gasteiger partial charge in [-0.3, -0.25) is 4.79 Å². The minimum Gasteiger partial charge on any atom is -0.356 e. The van der Waals surface area contributed by atoms with Crippen LogP contribution in [0.3, 0.4) is 0 Å². The van der Waals surface area contributed by atoms with E-state index in [9.17, 15) is 17.6 Å². The number of benzene rings is 1. The summed E-state index contributed by atoms with van der Waals surface area (Å²) in [5.41, 5.74) is 0.536. The van der Waals surface area contributed by atoms with E-state index < -0.39 is 10.0 Å². The molecule has 0 spiro atoms. The van der Waals surface area contributed by atoms with Crippen LogP contribution >= 0.6 is 0 Å². The molecule has 0 aromatic heterocycles. The number of halogens is 1. The molecule has 0 saturated carbocycles. The Hall–Kier alpha value is -1.47. The van der Waals surface area contributed by atoms with Crippen LogP contribution in [0, 0.1) is 5.82 Å². The first kappa shape index (κ1) is 17.9. The van der Waals surface area contributed by atoms with Gasteiger partial charge in [0.1, 0.15) is 5.82 Å². The van der Waals surface area contributed by atoms with Crippen LogP contribution in [0.2, 0.25) is 0 Å². The van der Waals surface area contributed by atoms with E-state index in [2.05, 4.69) is 5.32 Å². The minimum atomic E-state index is -3.35. The number of carbonyl (C=O) groups is 1. The lowest BCUT2D eigenvalue weighted by Gasteiger charge is -2.25. The number of rotatable bonds is 7. The predicted octanol–water partition coefficient (Wildman–Crippen LogP) is 1.69. The third kappa shape index (κ3) is 5.58. The van der Waals surface area contributed by atoms with Crippen molar-refractivity contribution >= 4 is 15.9 Å². The maximum atomic E-state index is 13.4. The summed E-state index contributed by atoms with van der Waals surface area (Å²) in [6.45, 7) is 1.40. The standard InChI is InChI=1S/C16H23FN2O3S/c17-15-7-3-2-6-14(15)8-10-18-16(20)9-13-23(21,22)19-11-4-1-5-12-19/h2-3,6-7H,1,4-5,8-13H2,(H,18,20). The van der Waals surface area contributed by atoms with Gasteiger partial charge >= 0.3 is 0 Å². The number of nitrogens with one attached hydrogen (secondary N) is 1. The Morgan fingerprint density at radius 3 is 2.57 bits per heavy atom. The fraction of sp³-hybridized carbons (Fsp3) is 0.562. The number of hydrogen-bond acceptors (Lipinski definition) is 3. The number of sulfonamides is 1. The highest BCUT2D eigenvalue weighted by molar-refractivity contribution is 7.89. The normalized spacial score (nSPS) is 16.2. The highest BCUT2D eigenvalue weighted by atomic mass is 32.2. The molecule has 1 aromatic carbocycles.